The van der Waals surface area contributed by atoms with Crippen LogP contribution < -0.4 is 15.8 Å². The van der Waals surface area contributed by atoms with E-state index in [1.54, 1.807) is 12.3 Å². The minimum Gasteiger partial charge on any atom is -0.473 e. The van der Waals surface area contributed by atoms with Crippen molar-refractivity contribution in [2.24, 2.45) is 0 Å². The number of nitriles is 1. The number of rotatable bonds is 5. The molecule has 0 bridgehead atoms. The quantitative estimate of drug-likeness (QED) is 0.693. The fourth-order valence-corrected chi connectivity index (χ4v) is 2.98. The van der Waals surface area contributed by atoms with E-state index in [1.165, 1.54) is 6.39 Å². The molecule has 1 fully saturated rings. The summed E-state index contributed by atoms with van der Waals surface area (Å²) in [6.45, 7) is 1.27. The van der Waals surface area contributed by atoms with E-state index in [9.17, 15) is 5.26 Å². The summed E-state index contributed by atoms with van der Waals surface area (Å²) in [5, 5.41) is 12.6. The van der Waals surface area contributed by atoms with E-state index in [0.717, 1.165) is 24.1 Å². The molecule has 0 radical (unpaired) electrons. The van der Waals surface area contributed by atoms with Gasteiger partial charge in [-0.25, -0.2) is 4.98 Å². The molecule has 0 unspecified atom stereocenters. The molecule has 8 nitrogen and oxygen atoms in total. The Morgan fingerprint density at radius 3 is 2.68 bits per heavy atom. The van der Waals surface area contributed by atoms with Gasteiger partial charge >= 0.3 is 0 Å². The lowest BCUT2D eigenvalue weighted by atomic mass is 10.1. The molecule has 3 aromatic rings. The normalized spacial score (nSPS) is 14.4. The largest absolute Gasteiger partial charge is 0.473 e. The van der Waals surface area contributed by atoms with Gasteiger partial charge in [-0.3, -0.25) is 0 Å². The summed E-state index contributed by atoms with van der Waals surface area (Å²) in [7, 11) is 0. The SMILES string of the molecule is N#Cc1c(N)cc(Nc2ccc(-c3cnco3)cc2)nc1OC1CCOCC1. The Hall–Kier alpha value is -3.57. The highest BCUT2D eigenvalue weighted by molar-refractivity contribution is 5.69. The van der Waals surface area contributed by atoms with Gasteiger partial charge in [0, 0.05) is 30.2 Å². The van der Waals surface area contributed by atoms with Gasteiger partial charge in [0.15, 0.2) is 12.2 Å². The van der Waals surface area contributed by atoms with E-state index < -0.39 is 0 Å². The molecule has 8 heteroatoms. The zero-order chi connectivity index (χ0) is 19.3. The molecule has 0 spiro atoms. The first-order valence-electron chi connectivity index (χ1n) is 8.94. The van der Waals surface area contributed by atoms with Gasteiger partial charge in [-0.15, -0.1) is 0 Å². The van der Waals surface area contributed by atoms with Crippen molar-refractivity contribution in [3.63, 3.8) is 0 Å². The molecule has 3 N–H and O–H groups in total. The van der Waals surface area contributed by atoms with Crippen LogP contribution in [0, 0.1) is 11.3 Å². The predicted octanol–water partition coefficient (Wildman–Crippen LogP) is 3.49. The molecule has 3 heterocycles. The standard InChI is InChI=1S/C20H19N5O3/c21-10-16-17(22)9-19(25-20(16)28-15-5-7-26-8-6-15)24-14-3-1-13(2-4-14)18-11-23-12-27-18/h1-4,9,11-12,15H,5-8H2,(H3,22,24,25). The van der Waals surface area contributed by atoms with Crippen LogP contribution in [0.25, 0.3) is 11.3 Å². The van der Waals surface area contributed by atoms with Crippen LogP contribution in [0.5, 0.6) is 5.88 Å². The highest BCUT2D eigenvalue weighted by Gasteiger charge is 2.20. The number of pyridine rings is 1. The number of nitrogen functional groups attached to an aromatic ring is 1. The average molecular weight is 377 g/mol. The topological polar surface area (TPSA) is 119 Å². The molecule has 1 aromatic carbocycles. The summed E-state index contributed by atoms with van der Waals surface area (Å²) in [5.41, 5.74) is 8.35. The number of oxazole rings is 1. The fourth-order valence-electron chi connectivity index (χ4n) is 2.98. The van der Waals surface area contributed by atoms with E-state index in [-0.39, 0.29) is 17.5 Å². The number of anilines is 3. The fraction of sp³-hybridized carbons (Fsp3) is 0.250. The monoisotopic (exact) mass is 377 g/mol. The van der Waals surface area contributed by atoms with Crippen molar-refractivity contribution in [2.75, 3.05) is 24.3 Å². The van der Waals surface area contributed by atoms with Crippen LogP contribution in [0.3, 0.4) is 0 Å². The summed E-state index contributed by atoms with van der Waals surface area (Å²) in [4.78, 5) is 8.38. The Morgan fingerprint density at radius 2 is 2.00 bits per heavy atom. The van der Waals surface area contributed by atoms with Crippen molar-refractivity contribution in [1.82, 2.24) is 9.97 Å². The summed E-state index contributed by atoms with van der Waals surface area (Å²) >= 11 is 0. The molecule has 142 valence electrons. The van der Waals surface area contributed by atoms with Gasteiger partial charge in [-0.1, -0.05) is 0 Å². The van der Waals surface area contributed by atoms with Crippen LogP contribution in [0.1, 0.15) is 18.4 Å². The molecule has 0 aliphatic carbocycles. The number of aromatic nitrogens is 2. The summed E-state index contributed by atoms with van der Waals surface area (Å²) in [6, 6.07) is 11.3. The third-order valence-electron chi connectivity index (χ3n) is 4.45. The average Bonchev–Trinajstić information content (AvgIpc) is 3.24. The van der Waals surface area contributed by atoms with Crippen molar-refractivity contribution in [3.8, 4) is 23.3 Å². The van der Waals surface area contributed by atoms with Gasteiger partial charge in [0.1, 0.15) is 23.6 Å². The van der Waals surface area contributed by atoms with Gasteiger partial charge in [-0.2, -0.15) is 10.2 Å². The van der Waals surface area contributed by atoms with Crippen molar-refractivity contribution >= 4 is 17.2 Å². The maximum Gasteiger partial charge on any atom is 0.236 e. The first-order valence-corrected chi connectivity index (χ1v) is 8.94. The van der Waals surface area contributed by atoms with Gasteiger partial charge in [0.2, 0.25) is 5.88 Å². The molecule has 0 atom stereocenters. The number of hydrogen-bond donors (Lipinski definition) is 2. The summed E-state index contributed by atoms with van der Waals surface area (Å²) < 4.78 is 16.6. The lowest BCUT2D eigenvalue weighted by Crippen LogP contribution is -2.26. The lowest BCUT2D eigenvalue weighted by Gasteiger charge is -2.23. The molecule has 4 rings (SSSR count). The number of hydrogen-bond acceptors (Lipinski definition) is 8. The maximum atomic E-state index is 9.42. The van der Waals surface area contributed by atoms with E-state index in [4.69, 9.17) is 19.6 Å². The van der Waals surface area contributed by atoms with E-state index in [1.807, 2.05) is 24.3 Å². The van der Waals surface area contributed by atoms with Crippen molar-refractivity contribution in [1.29, 1.82) is 5.26 Å². The smallest absolute Gasteiger partial charge is 0.236 e. The van der Waals surface area contributed by atoms with Gasteiger partial charge < -0.3 is 24.9 Å². The van der Waals surface area contributed by atoms with Crippen molar-refractivity contribution < 1.29 is 13.9 Å². The zero-order valence-electron chi connectivity index (χ0n) is 15.1. The highest BCUT2D eigenvalue weighted by Crippen LogP contribution is 2.29. The Labute approximate surface area is 161 Å². The molecule has 0 saturated carbocycles. The molecular formula is C20H19N5O3. The van der Waals surface area contributed by atoms with Gasteiger partial charge in [0.05, 0.1) is 25.1 Å². The Bertz CT molecular complexity index is 974. The predicted molar refractivity (Wildman–Crippen MR) is 103 cm³/mol. The van der Waals surface area contributed by atoms with E-state index in [2.05, 4.69) is 21.4 Å². The number of nitrogens with one attached hydrogen (secondary N) is 1. The summed E-state index contributed by atoms with van der Waals surface area (Å²) in [6.07, 6.45) is 4.53. The van der Waals surface area contributed by atoms with E-state index >= 15 is 0 Å². The third kappa shape index (κ3) is 3.89. The number of nitrogens with two attached hydrogens (primary N) is 1. The maximum absolute atomic E-state index is 9.42. The minimum absolute atomic E-state index is 0.0378. The molecule has 0 amide bonds. The zero-order valence-corrected chi connectivity index (χ0v) is 15.1. The number of ether oxygens (including phenoxy) is 2. The number of nitrogens with zero attached hydrogens (tertiary/aromatic N) is 3. The molecule has 1 saturated heterocycles. The first kappa shape index (κ1) is 17.8. The Kier molecular flexibility index (Phi) is 5.08. The Morgan fingerprint density at radius 1 is 1.21 bits per heavy atom. The Balaban J connectivity index is 1.55. The highest BCUT2D eigenvalue weighted by atomic mass is 16.5. The second-order valence-corrected chi connectivity index (χ2v) is 6.39. The van der Waals surface area contributed by atoms with E-state index in [0.29, 0.717) is 30.5 Å². The van der Waals surface area contributed by atoms with Crippen LogP contribution in [0.2, 0.25) is 0 Å². The molecular weight excluding hydrogens is 358 g/mol. The molecule has 1 aliphatic heterocycles. The molecule has 2 aromatic heterocycles. The molecule has 1 aliphatic rings. The lowest BCUT2D eigenvalue weighted by molar-refractivity contribution is 0.0237. The third-order valence-corrected chi connectivity index (χ3v) is 4.45. The van der Waals surface area contributed by atoms with Crippen molar-refractivity contribution in [3.05, 3.63) is 48.5 Å². The number of benzene rings is 1. The molecule has 28 heavy (non-hydrogen) atoms. The van der Waals surface area contributed by atoms with Crippen LogP contribution in [-0.4, -0.2) is 29.3 Å². The van der Waals surface area contributed by atoms with Gasteiger partial charge in [-0.05, 0) is 24.3 Å². The van der Waals surface area contributed by atoms with Crippen molar-refractivity contribution in [2.45, 2.75) is 18.9 Å². The van der Waals surface area contributed by atoms with Crippen LogP contribution in [0.4, 0.5) is 17.2 Å². The van der Waals surface area contributed by atoms with Crippen LogP contribution in [-0.2, 0) is 4.74 Å². The minimum atomic E-state index is -0.0378. The van der Waals surface area contributed by atoms with Gasteiger partial charge in [0.25, 0.3) is 0 Å². The van der Waals surface area contributed by atoms with Crippen LogP contribution in [0.15, 0.2) is 47.3 Å². The second kappa shape index (κ2) is 7.98. The summed E-state index contributed by atoms with van der Waals surface area (Å²) in [5.74, 6) is 1.44. The van der Waals surface area contributed by atoms with Crippen LogP contribution >= 0.6 is 0 Å². The second-order valence-electron chi connectivity index (χ2n) is 6.39. The first-order chi connectivity index (χ1) is 13.7.